The zero-order chi connectivity index (χ0) is 12.3. The van der Waals surface area contributed by atoms with E-state index in [4.69, 9.17) is 5.11 Å². The van der Waals surface area contributed by atoms with Crippen LogP contribution in [0.15, 0.2) is 17.5 Å². The number of rotatable bonds is 3. The lowest BCUT2D eigenvalue weighted by Gasteiger charge is -2.31. The van der Waals surface area contributed by atoms with Gasteiger partial charge in [-0.1, -0.05) is 6.07 Å². The first kappa shape index (κ1) is 12.1. The summed E-state index contributed by atoms with van der Waals surface area (Å²) in [7, 11) is 0. The minimum absolute atomic E-state index is 0.0776. The highest BCUT2D eigenvalue weighted by atomic mass is 32.1. The molecule has 2 rings (SSSR count). The average Bonchev–Trinajstić information content (AvgIpc) is 2.82. The lowest BCUT2D eigenvalue weighted by Crippen LogP contribution is -2.38. The summed E-state index contributed by atoms with van der Waals surface area (Å²) < 4.78 is 0. The van der Waals surface area contributed by atoms with Crippen molar-refractivity contribution >= 4 is 23.2 Å². The van der Waals surface area contributed by atoms with Gasteiger partial charge in [0.05, 0.1) is 4.88 Å². The Labute approximate surface area is 104 Å². The monoisotopic (exact) mass is 253 g/mol. The number of thiophene rings is 1. The molecule has 0 aliphatic carbocycles. The largest absolute Gasteiger partial charge is 0.481 e. The third-order valence-corrected chi connectivity index (χ3v) is 3.95. The van der Waals surface area contributed by atoms with Crippen molar-refractivity contribution in [2.24, 2.45) is 5.92 Å². The van der Waals surface area contributed by atoms with Crippen LogP contribution in [0.4, 0.5) is 0 Å². The molecule has 0 spiro atoms. The van der Waals surface area contributed by atoms with Gasteiger partial charge in [0, 0.05) is 19.5 Å². The summed E-state index contributed by atoms with van der Waals surface area (Å²) in [5.41, 5.74) is 0. The van der Waals surface area contributed by atoms with E-state index in [1.807, 2.05) is 22.4 Å². The summed E-state index contributed by atoms with van der Waals surface area (Å²) >= 11 is 1.45. The molecule has 5 heteroatoms. The second-order valence-corrected chi connectivity index (χ2v) is 5.26. The fourth-order valence-corrected chi connectivity index (χ4v) is 2.83. The molecule has 17 heavy (non-hydrogen) atoms. The number of nitrogens with zero attached hydrogens (tertiary/aromatic N) is 1. The SMILES string of the molecule is O=C(O)CC1CCN(C(=O)c2cccs2)CC1. The molecule has 0 bridgehead atoms. The molecule has 0 saturated carbocycles. The van der Waals surface area contributed by atoms with Crippen molar-refractivity contribution in [1.29, 1.82) is 0 Å². The minimum Gasteiger partial charge on any atom is -0.481 e. The molecule has 1 fully saturated rings. The number of carbonyl (C=O) groups excluding carboxylic acids is 1. The van der Waals surface area contributed by atoms with Crippen LogP contribution in [-0.2, 0) is 4.79 Å². The van der Waals surface area contributed by atoms with Crippen molar-refractivity contribution < 1.29 is 14.7 Å². The van der Waals surface area contributed by atoms with Crippen LogP contribution in [0.3, 0.4) is 0 Å². The van der Waals surface area contributed by atoms with Crippen molar-refractivity contribution in [3.8, 4) is 0 Å². The van der Waals surface area contributed by atoms with E-state index in [-0.39, 0.29) is 18.2 Å². The van der Waals surface area contributed by atoms with Crippen molar-refractivity contribution in [3.63, 3.8) is 0 Å². The maximum Gasteiger partial charge on any atom is 0.303 e. The molecule has 1 aromatic heterocycles. The molecule has 4 nitrogen and oxygen atoms in total. The smallest absolute Gasteiger partial charge is 0.303 e. The number of carbonyl (C=O) groups is 2. The van der Waals surface area contributed by atoms with E-state index in [0.717, 1.165) is 17.7 Å². The van der Waals surface area contributed by atoms with Gasteiger partial charge < -0.3 is 10.0 Å². The van der Waals surface area contributed by atoms with Crippen molar-refractivity contribution in [2.45, 2.75) is 19.3 Å². The first-order valence-electron chi connectivity index (χ1n) is 5.71. The van der Waals surface area contributed by atoms with Gasteiger partial charge in [0.15, 0.2) is 0 Å². The topological polar surface area (TPSA) is 57.6 Å². The third kappa shape index (κ3) is 3.06. The molecule has 2 heterocycles. The molecule has 0 aromatic carbocycles. The Bertz CT molecular complexity index is 394. The highest BCUT2D eigenvalue weighted by Crippen LogP contribution is 2.22. The van der Waals surface area contributed by atoms with Crippen LogP contribution < -0.4 is 0 Å². The highest BCUT2D eigenvalue weighted by molar-refractivity contribution is 7.12. The molecule has 1 aliphatic rings. The van der Waals surface area contributed by atoms with Crippen LogP contribution in [0.2, 0.25) is 0 Å². The second kappa shape index (κ2) is 5.31. The molecule has 1 saturated heterocycles. The standard InChI is InChI=1S/C12H15NO3S/c14-11(15)8-9-3-5-13(6-4-9)12(16)10-2-1-7-17-10/h1-2,7,9H,3-6,8H2,(H,14,15). The quantitative estimate of drug-likeness (QED) is 0.897. The molecule has 1 N–H and O–H groups in total. The first-order chi connectivity index (χ1) is 8.16. The molecule has 92 valence electrons. The third-order valence-electron chi connectivity index (χ3n) is 3.10. The number of carboxylic acid groups (broad SMARTS) is 1. The summed E-state index contributed by atoms with van der Waals surface area (Å²) in [6.07, 6.45) is 1.81. The molecule has 0 radical (unpaired) electrons. The van der Waals surface area contributed by atoms with E-state index >= 15 is 0 Å². The van der Waals surface area contributed by atoms with E-state index in [1.54, 1.807) is 0 Å². The van der Waals surface area contributed by atoms with Crippen molar-refractivity contribution in [2.75, 3.05) is 13.1 Å². The Hall–Kier alpha value is -1.36. The number of hydrogen-bond donors (Lipinski definition) is 1. The van der Waals surface area contributed by atoms with Crippen LogP contribution in [-0.4, -0.2) is 35.0 Å². The maximum atomic E-state index is 12.0. The Morgan fingerprint density at radius 3 is 2.65 bits per heavy atom. The second-order valence-electron chi connectivity index (χ2n) is 4.31. The molecule has 0 unspecified atom stereocenters. The number of aliphatic carboxylic acids is 1. The highest BCUT2D eigenvalue weighted by Gasteiger charge is 2.25. The van der Waals surface area contributed by atoms with Gasteiger partial charge in [-0.05, 0) is 30.2 Å². The lowest BCUT2D eigenvalue weighted by molar-refractivity contribution is -0.138. The lowest BCUT2D eigenvalue weighted by atomic mass is 9.93. The molecule has 1 aliphatic heterocycles. The summed E-state index contributed by atoms with van der Waals surface area (Å²) in [6, 6.07) is 3.70. The van der Waals surface area contributed by atoms with Gasteiger partial charge in [0.2, 0.25) is 0 Å². The normalized spacial score (nSPS) is 17.1. The van der Waals surface area contributed by atoms with Crippen LogP contribution >= 0.6 is 11.3 Å². The van der Waals surface area contributed by atoms with Crippen LogP contribution in [0, 0.1) is 5.92 Å². The van der Waals surface area contributed by atoms with Crippen molar-refractivity contribution in [1.82, 2.24) is 4.90 Å². The van der Waals surface area contributed by atoms with Gasteiger partial charge >= 0.3 is 5.97 Å². The number of amides is 1. The molecule has 1 amide bonds. The number of carboxylic acids is 1. The van der Waals surface area contributed by atoms with E-state index in [1.165, 1.54) is 11.3 Å². The van der Waals surface area contributed by atoms with E-state index in [9.17, 15) is 9.59 Å². The van der Waals surface area contributed by atoms with E-state index in [2.05, 4.69) is 0 Å². The van der Waals surface area contributed by atoms with Gasteiger partial charge in [-0.25, -0.2) is 0 Å². The molecular weight excluding hydrogens is 238 g/mol. The Morgan fingerprint density at radius 2 is 2.12 bits per heavy atom. The van der Waals surface area contributed by atoms with Gasteiger partial charge in [0.25, 0.3) is 5.91 Å². The summed E-state index contributed by atoms with van der Waals surface area (Å²) in [5, 5.41) is 10.6. The Morgan fingerprint density at radius 1 is 1.41 bits per heavy atom. The zero-order valence-electron chi connectivity index (χ0n) is 9.46. The van der Waals surface area contributed by atoms with Gasteiger partial charge in [0.1, 0.15) is 0 Å². The zero-order valence-corrected chi connectivity index (χ0v) is 10.3. The van der Waals surface area contributed by atoms with Crippen molar-refractivity contribution in [3.05, 3.63) is 22.4 Å². The Kier molecular flexibility index (Phi) is 3.78. The van der Waals surface area contributed by atoms with Crippen LogP contribution in [0.5, 0.6) is 0 Å². The van der Waals surface area contributed by atoms with Gasteiger partial charge in [-0.3, -0.25) is 9.59 Å². The number of likely N-dealkylation sites (tertiary alicyclic amines) is 1. The molecule has 1 aromatic rings. The van der Waals surface area contributed by atoms with Gasteiger partial charge in [-0.15, -0.1) is 11.3 Å². The summed E-state index contributed by atoms with van der Waals surface area (Å²) in [4.78, 5) is 25.2. The summed E-state index contributed by atoms with van der Waals surface area (Å²) in [5.74, 6) is -0.443. The van der Waals surface area contributed by atoms with Crippen LogP contribution in [0.25, 0.3) is 0 Å². The molecular formula is C12H15NO3S. The fourth-order valence-electron chi connectivity index (χ4n) is 2.14. The average molecular weight is 253 g/mol. The Balaban J connectivity index is 1.87. The van der Waals surface area contributed by atoms with E-state index in [0.29, 0.717) is 13.1 Å². The minimum atomic E-state index is -0.743. The molecule has 0 atom stereocenters. The van der Waals surface area contributed by atoms with Gasteiger partial charge in [-0.2, -0.15) is 0 Å². The maximum absolute atomic E-state index is 12.0. The summed E-state index contributed by atoms with van der Waals surface area (Å²) in [6.45, 7) is 1.35. The van der Waals surface area contributed by atoms with E-state index < -0.39 is 5.97 Å². The number of hydrogen-bond acceptors (Lipinski definition) is 3. The van der Waals surface area contributed by atoms with Crippen LogP contribution in [0.1, 0.15) is 28.9 Å². The predicted molar refractivity (Wildman–Crippen MR) is 65.2 cm³/mol. The number of piperidine rings is 1. The fraction of sp³-hybridized carbons (Fsp3) is 0.500. The predicted octanol–water partition coefficient (Wildman–Crippen LogP) is 2.08. The first-order valence-corrected chi connectivity index (χ1v) is 6.59.